The third kappa shape index (κ3) is 1.87. The van der Waals surface area contributed by atoms with Crippen LogP contribution in [0.1, 0.15) is 22.5 Å². The Balaban J connectivity index is 2.05. The first-order chi connectivity index (χ1) is 9.18. The van der Waals surface area contributed by atoms with Gasteiger partial charge in [-0.2, -0.15) is 5.10 Å². The summed E-state index contributed by atoms with van der Waals surface area (Å²) in [7, 11) is 1.74. The Morgan fingerprint density at radius 2 is 2.21 bits per heavy atom. The summed E-state index contributed by atoms with van der Waals surface area (Å²) in [5.41, 5.74) is 2.18. The summed E-state index contributed by atoms with van der Waals surface area (Å²) in [6.07, 6.45) is 3.39. The van der Waals surface area contributed by atoms with Crippen LogP contribution in [0.3, 0.4) is 0 Å². The molecule has 1 aliphatic rings. The number of nitrogens with zero attached hydrogens (tertiary/aromatic N) is 3. The van der Waals surface area contributed by atoms with E-state index < -0.39 is 0 Å². The largest absolute Gasteiger partial charge is 0.506 e. The van der Waals surface area contributed by atoms with Gasteiger partial charge in [-0.05, 0) is 30.5 Å². The molecule has 1 aromatic carbocycles. The lowest BCUT2D eigenvalue weighted by molar-refractivity contribution is 0.0975. The number of aromatic nitrogens is 2. The number of benzene rings is 1. The molecule has 0 bridgehead atoms. The van der Waals surface area contributed by atoms with Crippen molar-refractivity contribution in [3.8, 4) is 5.75 Å². The van der Waals surface area contributed by atoms with Crippen LogP contribution in [0.2, 0.25) is 0 Å². The van der Waals surface area contributed by atoms with Crippen molar-refractivity contribution in [1.82, 2.24) is 9.78 Å². The van der Waals surface area contributed by atoms with Crippen molar-refractivity contribution >= 4 is 11.6 Å². The number of carbonyl (C=O) groups is 1. The van der Waals surface area contributed by atoms with Gasteiger partial charge in [0, 0.05) is 19.8 Å². The smallest absolute Gasteiger partial charge is 0.276 e. The van der Waals surface area contributed by atoms with Gasteiger partial charge in [0.1, 0.15) is 11.4 Å². The first kappa shape index (κ1) is 11.8. The first-order valence-electron chi connectivity index (χ1n) is 6.29. The van der Waals surface area contributed by atoms with Crippen molar-refractivity contribution in [2.24, 2.45) is 7.05 Å². The number of para-hydroxylation sites is 1. The topological polar surface area (TPSA) is 58.4 Å². The van der Waals surface area contributed by atoms with E-state index in [4.69, 9.17) is 0 Å². The third-order valence-electron chi connectivity index (χ3n) is 3.48. The summed E-state index contributed by atoms with van der Waals surface area (Å²) in [4.78, 5) is 14.2. The van der Waals surface area contributed by atoms with Crippen LogP contribution in [0.25, 0.3) is 0 Å². The molecule has 5 nitrogen and oxygen atoms in total. The van der Waals surface area contributed by atoms with Gasteiger partial charge < -0.3 is 10.0 Å². The predicted molar refractivity (Wildman–Crippen MR) is 71.3 cm³/mol. The highest BCUT2D eigenvalue weighted by atomic mass is 16.3. The van der Waals surface area contributed by atoms with Crippen molar-refractivity contribution in [3.05, 3.63) is 41.7 Å². The summed E-state index contributed by atoms with van der Waals surface area (Å²) >= 11 is 0. The predicted octanol–water partition coefficient (Wildman–Crippen LogP) is 1.72. The van der Waals surface area contributed by atoms with Gasteiger partial charge in [0.05, 0.1) is 5.69 Å². The molecule has 0 unspecified atom stereocenters. The number of rotatable bonds is 1. The minimum atomic E-state index is -0.123. The van der Waals surface area contributed by atoms with E-state index in [9.17, 15) is 9.90 Å². The zero-order valence-electron chi connectivity index (χ0n) is 10.7. The monoisotopic (exact) mass is 257 g/mol. The quantitative estimate of drug-likeness (QED) is 0.846. The van der Waals surface area contributed by atoms with E-state index in [1.54, 1.807) is 35.0 Å². The Hall–Kier alpha value is -2.30. The molecule has 0 spiro atoms. The Bertz CT molecular complexity index is 633. The van der Waals surface area contributed by atoms with Gasteiger partial charge in [-0.25, -0.2) is 0 Å². The first-order valence-corrected chi connectivity index (χ1v) is 6.29. The molecular weight excluding hydrogens is 242 g/mol. The van der Waals surface area contributed by atoms with Crippen LogP contribution < -0.4 is 4.90 Å². The second-order valence-electron chi connectivity index (χ2n) is 4.69. The number of anilines is 1. The zero-order chi connectivity index (χ0) is 13.4. The summed E-state index contributed by atoms with van der Waals surface area (Å²) in [6.45, 7) is 0.620. The second-order valence-corrected chi connectivity index (χ2v) is 4.69. The van der Waals surface area contributed by atoms with Gasteiger partial charge in [-0.15, -0.1) is 0 Å². The Morgan fingerprint density at radius 3 is 2.95 bits per heavy atom. The van der Waals surface area contributed by atoms with Crippen LogP contribution in [0.15, 0.2) is 30.5 Å². The lowest BCUT2D eigenvalue weighted by Gasteiger charge is -2.30. The molecule has 5 heteroatoms. The molecule has 0 fully saturated rings. The molecule has 2 heterocycles. The Labute approximate surface area is 111 Å². The standard InChI is InChI=1S/C14H15N3O2/c1-16-11(7-8-15-16)14(19)17-9-3-5-10-4-2-6-12(18)13(10)17/h2,4,6-8,18H,3,5,9H2,1H3. The highest BCUT2D eigenvalue weighted by molar-refractivity contribution is 6.06. The molecule has 0 aliphatic carbocycles. The molecular formula is C14H15N3O2. The lowest BCUT2D eigenvalue weighted by Crippen LogP contribution is -2.36. The number of aryl methyl sites for hydroxylation is 2. The summed E-state index contributed by atoms with van der Waals surface area (Å²) in [5.74, 6) is 0.0372. The molecule has 1 aromatic heterocycles. The summed E-state index contributed by atoms with van der Waals surface area (Å²) in [6, 6.07) is 7.08. The van der Waals surface area contributed by atoms with Crippen LogP contribution >= 0.6 is 0 Å². The van der Waals surface area contributed by atoms with Gasteiger partial charge >= 0.3 is 0 Å². The minimum absolute atomic E-state index is 0.123. The van der Waals surface area contributed by atoms with Crippen molar-refractivity contribution in [2.75, 3.05) is 11.4 Å². The molecule has 1 N–H and O–H groups in total. The number of phenolic OH excluding ortho intramolecular Hbond substituents is 1. The highest BCUT2D eigenvalue weighted by Gasteiger charge is 2.27. The number of hydrogen-bond acceptors (Lipinski definition) is 3. The fraction of sp³-hybridized carbons (Fsp3) is 0.286. The molecule has 19 heavy (non-hydrogen) atoms. The third-order valence-corrected chi connectivity index (χ3v) is 3.48. The normalized spacial score (nSPS) is 14.3. The van der Waals surface area contributed by atoms with Crippen molar-refractivity contribution < 1.29 is 9.90 Å². The van der Waals surface area contributed by atoms with E-state index in [0.717, 1.165) is 18.4 Å². The van der Waals surface area contributed by atoms with Gasteiger partial charge in [0.2, 0.25) is 0 Å². The van der Waals surface area contributed by atoms with Crippen LogP contribution in [0.4, 0.5) is 5.69 Å². The maximum atomic E-state index is 12.6. The summed E-state index contributed by atoms with van der Waals surface area (Å²) < 4.78 is 1.55. The Morgan fingerprint density at radius 1 is 1.37 bits per heavy atom. The number of amides is 1. The van der Waals surface area contributed by atoms with Gasteiger partial charge in [-0.3, -0.25) is 9.48 Å². The number of hydrogen-bond donors (Lipinski definition) is 1. The zero-order valence-corrected chi connectivity index (χ0v) is 10.7. The van der Waals surface area contributed by atoms with Crippen LogP contribution in [-0.4, -0.2) is 27.3 Å². The van der Waals surface area contributed by atoms with Crippen LogP contribution in [-0.2, 0) is 13.5 Å². The van der Waals surface area contributed by atoms with E-state index in [-0.39, 0.29) is 11.7 Å². The SMILES string of the molecule is Cn1nccc1C(=O)N1CCCc2cccc(O)c21. The van der Waals surface area contributed by atoms with E-state index in [2.05, 4.69) is 5.10 Å². The number of aromatic hydroxyl groups is 1. The maximum absolute atomic E-state index is 12.6. The lowest BCUT2D eigenvalue weighted by atomic mass is 10.0. The molecule has 0 saturated heterocycles. The number of phenols is 1. The molecule has 0 atom stereocenters. The van der Waals surface area contributed by atoms with E-state index in [1.807, 2.05) is 12.1 Å². The molecule has 1 aliphatic heterocycles. The fourth-order valence-corrected chi connectivity index (χ4v) is 2.56. The van der Waals surface area contributed by atoms with Gasteiger partial charge in [0.15, 0.2) is 0 Å². The fourth-order valence-electron chi connectivity index (χ4n) is 2.56. The average Bonchev–Trinajstić information content (AvgIpc) is 2.84. The average molecular weight is 257 g/mol. The van der Waals surface area contributed by atoms with E-state index in [1.165, 1.54) is 0 Å². The Kier molecular flexibility index (Phi) is 2.74. The maximum Gasteiger partial charge on any atom is 0.276 e. The molecule has 0 saturated carbocycles. The van der Waals surface area contributed by atoms with E-state index in [0.29, 0.717) is 17.9 Å². The molecule has 0 radical (unpaired) electrons. The summed E-state index contributed by atoms with van der Waals surface area (Å²) in [5, 5.41) is 14.0. The van der Waals surface area contributed by atoms with Crippen molar-refractivity contribution in [2.45, 2.75) is 12.8 Å². The highest BCUT2D eigenvalue weighted by Crippen LogP contribution is 2.36. The molecule has 3 rings (SSSR count). The number of fused-ring (bicyclic) bond motifs is 1. The van der Waals surface area contributed by atoms with Gasteiger partial charge in [0.25, 0.3) is 5.91 Å². The molecule has 98 valence electrons. The molecule has 2 aromatic rings. The van der Waals surface area contributed by atoms with Crippen LogP contribution in [0, 0.1) is 0 Å². The van der Waals surface area contributed by atoms with Gasteiger partial charge in [-0.1, -0.05) is 12.1 Å². The van der Waals surface area contributed by atoms with Crippen molar-refractivity contribution in [3.63, 3.8) is 0 Å². The second kappa shape index (κ2) is 4.42. The molecule has 1 amide bonds. The van der Waals surface area contributed by atoms with Crippen molar-refractivity contribution in [1.29, 1.82) is 0 Å². The number of carbonyl (C=O) groups excluding carboxylic acids is 1. The minimum Gasteiger partial charge on any atom is -0.506 e. The van der Waals surface area contributed by atoms with E-state index >= 15 is 0 Å². The van der Waals surface area contributed by atoms with Crippen LogP contribution in [0.5, 0.6) is 5.75 Å².